The minimum Gasteiger partial charge on any atom is -0.465 e. The lowest BCUT2D eigenvalue weighted by atomic mass is 10.2. The Hall–Kier alpha value is -2.87. The highest BCUT2D eigenvalue weighted by Crippen LogP contribution is 2.17. The molecule has 1 aliphatic heterocycles. The van der Waals surface area contributed by atoms with Gasteiger partial charge in [0, 0.05) is 38.8 Å². The van der Waals surface area contributed by atoms with E-state index in [1.165, 1.54) is 7.11 Å². The molecular weight excluding hydrogens is 348 g/mol. The number of esters is 1. The van der Waals surface area contributed by atoms with Crippen molar-refractivity contribution < 1.29 is 18.8 Å². The van der Waals surface area contributed by atoms with Gasteiger partial charge in [0.25, 0.3) is 0 Å². The van der Waals surface area contributed by atoms with Crippen LogP contribution < -0.4 is 5.32 Å². The molecule has 0 aliphatic carbocycles. The third-order valence-electron chi connectivity index (χ3n) is 4.51. The second-order valence-corrected chi connectivity index (χ2v) is 6.51. The molecule has 1 aliphatic rings. The van der Waals surface area contributed by atoms with Gasteiger partial charge in [-0.2, -0.15) is 0 Å². The number of nitrogens with zero attached hydrogens (tertiary/aromatic N) is 3. The number of rotatable bonds is 4. The number of ether oxygens (including phenoxy) is 1. The number of carbonyl (C=O) groups excluding carboxylic acids is 2. The molecule has 0 bridgehead atoms. The monoisotopic (exact) mass is 372 g/mol. The van der Waals surface area contributed by atoms with Crippen molar-refractivity contribution in [1.82, 2.24) is 15.0 Å². The standard InChI is InChI=1S/C19H24N4O4/c1-14-12-15(21-27-14)13-22-8-5-9-23(11-10-22)19(25)20-17-7-4-3-6-16(17)18(24)26-2/h3-4,6-7,12H,5,8-11,13H2,1-2H3,(H,20,25). The average molecular weight is 372 g/mol. The highest BCUT2D eigenvalue weighted by Gasteiger charge is 2.21. The van der Waals surface area contributed by atoms with E-state index >= 15 is 0 Å². The van der Waals surface area contributed by atoms with E-state index in [1.54, 1.807) is 29.2 Å². The predicted molar refractivity (Wildman–Crippen MR) is 99.5 cm³/mol. The number of anilines is 1. The van der Waals surface area contributed by atoms with Crippen molar-refractivity contribution in [2.45, 2.75) is 19.9 Å². The molecule has 1 aromatic heterocycles. The molecule has 2 aromatic rings. The zero-order valence-electron chi connectivity index (χ0n) is 15.6. The van der Waals surface area contributed by atoms with Gasteiger partial charge in [0.15, 0.2) is 0 Å². The first-order valence-corrected chi connectivity index (χ1v) is 8.94. The zero-order chi connectivity index (χ0) is 19.2. The van der Waals surface area contributed by atoms with Crippen molar-refractivity contribution in [3.8, 4) is 0 Å². The molecule has 144 valence electrons. The Kier molecular flexibility index (Phi) is 6.08. The predicted octanol–water partition coefficient (Wildman–Crippen LogP) is 2.51. The largest absolute Gasteiger partial charge is 0.465 e. The number of aryl methyl sites for hydroxylation is 1. The minimum atomic E-state index is -0.476. The average Bonchev–Trinajstić information content (AvgIpc) is 2.93. The summed E-state index contributed by atoms with van der Waals surface area (Å²) in [6, 6.07) is 8.54. The normalized spacial score (nSPS) is 15.3. The first-order valence-electron chi connectivity index (χ1n) is 8.94. The van der Waals surface area contributed by atoms with Gasteiger partial charge in [-0.15, -0.1) is 0 Å². The van der Waals surface area contributed by atoms with Crippen LogP contribution in [0.15, 0.2) is 34.9 Å². The van der Waals surface area contributed by atoms with Crippen LogP contribution in [0.4, 0.5) is 10.5 Å². The van der Waals surface area contributed by atoms with E-state index in [-0.39, 0.29) is 6.03 Å². The molecule has 3 rings (SSSR count). The summed E-state index contributed by atoms with van der Waals surface area (Å²) >= 11 is 0. The summed E-state index contributed by atoms with van der Waals surface area (Å²) in [4.78, 5) is 28.5. The molecule has 2 amide bonds. The van der Waals surface area contributed by atoms with Gasteiger partial charge in [-0.3, -0.25) is 4.90 Å². The van der Waals surface area contributed by atoms with Crippen LogP contribution in [0.25, 0.3) is 0 Å². The highest BCUT2D eigenvalue weighted by atomic mass is 16.5. The van der Waals surface area contributed by atoms with E-state index in [1.807, 2.05) is 13.0 Å². The molecule has 8 heteroatoms. The molecule has 27 heavy (non-hydrogen) atoms. The number of methoxy groups -OCH3 is 1. The summed E-state index contributed by atoms with van der Waals surface area (Å²) in [6.07, 6.45) is 0.864. The molecule has 1 N–H and O–H groups in total. The Morgan fingerprint density at radius 3 is 2.78 bits per heavy atom. The maximum atomic E-state index is 12.7. The summed E-state index contributed by atoms with van der Waals surface area (Å²) in [5.41, 5.74) is 1.69. The summed E-state index contributed by atoms with van der Waals surface area (Å²) in [6.45, 7) is 5.46. The number of hydrogen-bond donors (Lipinski definition) is 1. The van der Waals surface area contributed by atoms with E-state index in [0.717, 1.165) is 31.0 Å². The van der Waals surface area contributed by atoms with Crippen LogP contribution in [0.1, 0.15) is 28.2 Å². The van der Waals surface area contributed by atoms with Crippen molar-refractivity contribution in [2.75, 3.05) is 38.6 Å². The second kappa shape index (κ2) is 8.68. The smallest absolute Gasteiger partial charge is 0.339 e. The number of nitrogens with one attached hydrogen (secondary N) is 1. The van der Waals surface area contributed by atoms with Crippen molar-refractivity contribution in [1.29, 1.82) is 0 Å². The third kappa shape index (κ3) is 4.85. The van der Waals surface area contributed by atoms with Crippen LogP contribution in [0.5, 0.6) is 0 Å². The summed E-state index contributed by atoms with van der Waals surface area (Å²) in [5.74, 6) is 0.320. The molecule has 8 nitrogen and oxygen atoms in total. The molecule has 1 aromatic carbocycles. The Bertz CT molecular complexity index is 805. The van der Waals surface area contributed by atoms with Crippen molar-refractivity contribution in [3.63, 3.8) is 0 Å². The molecule has 0 radical (unpaired) electrons. The topological polar surface area (TPSA) is 87.9 Å². The van der Waals surface area contributed by atoms with Crippen molar-refractivity contribution in [2.24, 2.45) is 0 Å². The molecule has 0 unspecified atom stereocenters. The van der Waals surface area contributed by atoms with Gasteiger partial charge in [0.05, 0.1) is 24.1 Å². The van der Waals surface area contributed by atoms with E-state index in [0.29, 0.717) is 30.9 Å². The molecule has 0 spiro atoms. The SMILES string of the molecule is COC(=O)c1ccccc1NC(=O)N1CCCN(Cc2cc(C)on2)CC1. The molecule has 1 fully saturated rings. The van der Waals surface area contributed by atoms with Gasteiger partial charge < -0.3 is 19.5 Å². The van der Waals surface area contributed by atoms with Gasteiger partial charge in [0.2, 0.25) is 0 Å². The van der Waals surface area contributed by atoms with Gasteiger partial charge >= 0.3 is 12.0 Å². The number of urea groups is 1. The van der Waals surface area contributed by atoms with Crippen molar-refractivity contribution in [3.05, 3.63) is 47.3 Å². The lowest BCUT2D eigenvalue weighted by Gasteiger charge is -2.22. The van der Waals surface area contributed by atoms with Crippen LogP contribution in [0.2, 0.25) is 0 Å². The summed E-state index contributed by atoms with van der Waals surface area (Å²) in [5, 5.41) is 6.86. The molecule has 0 saturated carbocycles. The number of amides is 2. The van der Waals surface area contributed by atoms with Crippen LogP contribution in [0.3, 0.4) is 0 Å². The Balaban J connectivity index is 1.59. The van der Waals surface area contributed by atoms with E-state index in [4.69, 9.17) is 9.26 Å². The van der Waals surface area contributed by atoms with Gasteiger partial charge in [-0.05, 0) is 25.5 Å². The Morgan fingerprint density at radius 2 is 2.04 bits per heavy atom. The minimum absolute atomic E-state index is 0.217. The maximum absolute atomic E-state index is 12.7. The maximum Gasteiger partial charge on any atom is 0.339 e. The molecule has 0 atom stereocenters. The number of para-hydroxylation sites is 1. The van der Waals surface area contributed by atoms with Gasteiger partial charge in [-0.25, -0.2) is 9.59 Å². The lowest BCUT2D eigenvalue weighted by molar-refractivity contribution is 0.0602. The molecule has 1 saturated heterocycles. The second-order valence-electron chi connectivity index (χ2n) is 6.51. The van der Waals surface area contributed by atoms with Crippen LogP contribution in [-0.4, -0.2) is 60.2 Å². The first-order chi connectivity index (χ1) is 13.1. The van der Waals surface area contributed by atoms with Crippen LogP contribution in [0, 0.1) is 6.92 Å². The lowest BCUT2D eigenvalue weighted by Crippen LogP contribution is -2.38. The van der Waals surface area contributed by atoms with E-state index in [2.05, 4.69) is 15.4 Å². The Labute approximate surface area is 158 Å². The van der Waals surface area contributed by atoms with Crippen molar-refractivity contribution >= 4 is 17.7 Å². The first kappa shape index (κ1) is 18.9. The fourth-order valence-corrected chi connectivity index (χ4v) is 3.13. The summed E-state index contributed by atoms with van der Waals surface area (Å²) < 4.78 is 9.89. The number of hydrogen-bond acceptors (Lipinski definition) is 6. The van der Waals surface area contributed by atoms with Gasteiger partial charge in [0.1, 0.15) is 5.76 Å². The third-order valence-corrected chi connectivity index (χ3v) is 4.51. The molecule has 2 heterocycles. The zero-order valence-corrected chi connectivity index (χ0v) is 15.6. The number of benzene rings is 1. The fourth-order valence-electron chi connectivity index (χ4n) is 3.13. The molecular formula is C19H24N4O4. The number of carbonyl (C=O) groups is 2. The van der Waals surface area contributed by atoms with E-state index < -0.39 is 5.97 Å². The highest BCUT2D eigenvalue weighted by molar-refractivity contribution is 6.00. The van der Waals surface area contributed by atoms with Crippen LogP contribution in [-0.2, 0) is 11.3 Å². The number of aromatic nitrogens is 1. The summed E-state index contributed by atoms with van der Waals surface area (Å²) in [7, 11) is 1.32. The van der Waals surface area contributed by atoms with Crippen LogP contribution >= 0.6 is 0 Å². The van der Waals surface area contributed by atoms with E-state index in [9.17, 15) is 9.59 Å². The quantitative estimate of drug-likeness (QED) is 0.830. The van der Waals surface area contributed by atoms with Gasteiger partial charge in [-0.1, -0.05) is 17.3 Å². The Morgan fingerprint density at radius 1 is 1.22 bits per heavy atom. The fraction of sp³-hybridized carbons (Fsp3) is 0.421.